The van der Waals surface area contributed by atoms with Crippen LogP contribution in [0.5, 0.6) is 0 Å². The van der Waals surface area contributed by atoms with Crippen LogP contribution >= 0.6 is 0 Å². The smallest absolute Gasteiger partial charge is 0.163 e. The van der Waals surface area contributed by atoms with Gasteiger partial charge in [-0.1, -0.05) is 0 Å². The van der Waals surface area contributed by atoms with Crippen LogP contribution in [0, 0.1) is 11.3 Å². The van der Waals surface area contributed by atoms with Crippen molar-refractivity contribution in [3.05, 3.63) is 36.7 Å². The lowest BCUT2D eigenvalue weighted by Crippen LogP contribution is -2.08. The van der Waals surface area contributed by atoms with E-state index >= 15 is 0 Å². The van der Waals surface area contributed by atoms with Gasteiger partial charge in [-0.05, 0) is 19.1 Å². The first kappa shape index (κ1) is 13.1. The highest BCUT2D eigenvalue weighted by Gasteiger charge is 2.13. The summed E-state index contributed by atoms with van der Waals surface area (Å²) in [5, 5.41) is 17.1. The van der Waals surface area contributed by atoms with Gasteiger partial charge in [0.15, 0.2) is 5.65 Å². The molecule has 0 spiro atoms. The number of hydrogen-bond acceptors (Lipinski definition) is 6. The van der Waals surface area contributed by atoms with E-state index in [4.69, 9.17) is 9.68 Å². The van der Waals surface area contributed by atoms with E-state index in [1.54, 1.807) is 17.1 Å². The highest BCUT2D eigenvalue weighted by molar-refractivity contribution is 5.86. The Morgan fingerprint density at radius 1 is 1.48 bits per heavy atom. The molecule has 1 atom stereocenters. The summed E-state index contributed by atoms with van der Waals surface area (Å²) in [4.78, 5) is 8.51. The van der Waals surface area contributed by atoms with Crippen LogP contribution in [0.1, 0.15) is 25.1 Å². The molecule has 3 rings (SSSR count). The molecule has 3 aromatic heterocycles. The van der Waals surface area contributed by atoms with Crippen molar-refractivity contribution < 1.29 is 4.42 Å². The minimum atomic E-state index is -0.0134. The van der Waals surface area contributed by atoms with Gasteiger partial charge in [-0.15, -0.1) is 0 Å². The summed E-state index contributed by atoms with van der Waals surface area (Å²) in [5.74, 6) is 1.53. The van der Waals surface area contributed by atoms with Crippen molar-refractivity contribution in [1.82, 2.24) is 19.7 Å². The molecular weight excluding hydrogens is 268 g/mol. The number of fused-ring (bicyclic) bond motifs is 1. The third-order valence-corrected chi connectivity index (χ3v) is 3.19. The van der Waals surface area contributed by atoms with Gasteiger partial charge in [0, 0.05) is 0 Å². The lowest BCUT2D eigenvalue weighted by molar-refractivity contribution is 0.490. The Morgan fingerprint density at radius 3 is 3.14 bits per heavy atom. The molecule has 0 bridgehead atoms. The monoisotopic (exact) mass is 282 g/mol. The van der Waals surface area contributed by atoms with Crippen molar-refractivity contribution in [1.29, 1.82) is 5.26 Å². The fourth-order valence-corrected chi connectivity index (χ4v) is 2.14. The maximum Gasteiger partial charge on any atom is 0.163 e. The van der Waals surface area contributed by atoms with Crippen molar-refractivity contribution in [2.24, 2.45) is 0 Å². The van der Waals surface area contributed by atoms with E-state index in [9.17, 15) is 0 Å². The predicted octanol–water partition coefficient (Wildman–Crippen LogP) is 2.51. The van der Waals surface area contributed by atoms with E-state index < -0.39 is 0 Å². The van der Waals surface area contributed by atoms with Crippen LogP contribution < -0.4 is 5.32 Å². The quantitative estimate of drug-likeness (QED) is 0.773. The molecule has 0 aliphatic carbocycles. The van der Waals surface area contributed by atoms with Crippen LogP contribution in [0.25, 0.3) is 11.0 Å². The van der Waals surface area contributed by atoms with Crippen molar-refractivity contribution in [2.45, 2.75) is 25.9 Å². The average molecular weight is 282 g/mol. The highest BCUT2D eigenvalue weighted by Crippen LogP contribution is 2.24. The zero-order valence-electron chi connectivity index (χ0n) is 11.5. The van der Waals surface area contributed by atoms with E-state index in [-0.39, 0.29) is 6.04 Å². The Kier molecular flexibility index (Phi) is 3.51. The van der Waals surface area contributed by atoms with Gasteiger partial charge in [0.2, 0.25) is 0 Å². The second-order valence-corrected chi connectivity index (χ2v) is 4.62. The normalized spacial score (nSPS) is 12.2. The number of aromatic nitrogens is 4. The van der Waals surface area contributed by atoms with E-state index in [0.717, 1.165) is 16.8 Å². The van der Waals surface area contributed by atoms with Gasteiger partial charge in [0.1, 0.15) is 17.9 Å². The van der Waals surface area contributed by atoms with Gasteiger partial charge in [-0.3, -0.25) is 0 Å². The number of nitriles is 1. The molecule has 0 aliphatic rings. The Hall–Kier alpha value is -2.88. The SMILES string of the molecule is C[C@H](Nc1ncnc2c1cnn2CCC#N)c1ccco1. The molecule has 0 amide bonds. The molecule has 7 nitrogen and oxygen atoms in total. The third-order valence-electron chi connectivity index (χ3n) is 3.19. The van der Waals surface area contributed by atoms with Gasteiger partial charge in [-0.2, -0.15) is 10.4 Å². The zero-order chi connectivity index (χ0) is 14.7. The molecule has 0 unspecified atom stereocenters. The lowest BCUT2D eigenvalue weighted by Gasteiger charge is -2.12. The maximum absolute atomic E-state index is 8.67. The van der Waals surface area contributed by atoms with E-state index in [0.29, 0.717) is 18.8 Å². The summed E-state index contributed by atoms with van der Waals surface area (Å²) < 4.78 is 7.09. The first-order chi connectivity index (χ1) is 10.3. The number of nitrogens with one attached hydrogen (secondary N) is 1. The van der Waals surface area contributed by atoms with Crippen LogP contribution in [-0.4, -0.2) is 19.7 Å². The van der Waals surface area contributed by atoms with Gasteiger partial charge in [0.05, 0.1) is 42.9 Å². The van der Waals surface area contributed by atoms with E-state index in [2.05, 4.69) is 26.5 Å². The van der Waals surface area contributed by atoms with Gasteiger partial charge >= 0.3 is 0 Å². The van der Waals surface area contributed by atoms with Crippen molar-refractivity contribution in [3.63, 3.8) is 0 Å². The Morgan fingerprint density at radius 2 is 2.38 bits per heavy atom. The maximum atomic E-state index is 8.67. The molecule has 0 fully saturated rings. The third kappa shape index (κ3) is 2.56. The number of aryl methyl sites for hydroxylation is 1. The lowest BCUT2D eigenvalue weighted by atomic mass is 10.2. The summed E-state index contributed by atoms with van der Waals surface area (Å²) in [6.07, 6.45) is 5.24. The molecule has 106 valence electrons. The molecule has 1 N–H and O–H groups in total. The van der Waals surface area contributed by atoms with Crippen LogP contribution in [-0.2, 0) is 6.54 Å². The molecule has 21 heavy (non-hydrogen) atoms. The summed E-state index contributed by atoms with van der Waals surface area (Å²) in [6.45, 7) is 2.51. The molecule has 3 aromatic rings. The van der Waals surface area contributed by atoms with Crippen molar-refractivity contribution in [2.75, 3.05) is 5.32 Å². The standard InChI is InChI=1S/C14H14N6O/c1-10(12-4-2-7-21-12)19-13-11-8-18-20(6-3-5-15)14(11)17-9-16-13/h2,4,7-10H,3,6H2,1H3,(H,16,17,19)/t10-/m0/s1. The number of anilines is 1. The summed E-state index contributed by atoms with van der Waals surface area (Å²) >= 11 is 0. The molecule has 0 aliphatic heterocycles. The van der Waals surface area contributed by atoms with Crippen LogP contribution in [0.3, 0.4) is 0 Å². The summed E-state index contributed by atoms with van der Waals surface area (Å²) in [6, 6.07) is 5.85. The van der Waals surface area contributed by atoms with E-state index in [1.807, 2.05) is 19.1 Å². The Balaban J connectivity index is 1.89. The van der Waals surface area contributed by atoms with Crippen LogP contribution in [0.15, 0.2) is 35.3 Å². The van der Waals surface area contributed by atoms with Crippen molar-refractivity contribution >= 4 is 16.9 Å². The fourth-order valence-electron chi connectivity index (χ4n) is 2.14. The topological polar surface area (TPSA) is 92.6 Å². The Bertz CT molecular complexity index is 770. The van der Waals surface area contributed by atoms with Gasteiger partial charge in [-0.25, -0.2) is 14.6 Å². The average Bonchev–Trinajstić information content (AvgIpc) is 3.15. The molecule has 7 heteroatoms. The number of furan rings is 1. The number of hydrogen-bond donors (Lipinski definition) is 1. The fraction of sp³-hybridized carbons (Fsp3) is 0.286. The second kappa shape index (κ2) is 5.63. The van der Waals surface area contributed by atoms with E-state index in [1.165, 1.54) is 6.33 Å². The van der Waals surface area contributed by atoms with Gasteiger partial charge < -0.3 is 9.73 Å². The molecule has 0 saturated carbocycles. The molecule has 0 aromatic carbocycles. The largest absolute Gasteiger partial charge is 0.467 e. The molecule has 3 heterocycles. The second-order valence-electron chi connectivity index (χ2n) is 4.62. The first-order valence-electron chi connectivity index (χ1n) is 6.63. The van der Waals surface area contributed by atoms with Crippen LogP contribution in [0.4, 0.5) is 5.82 Å². The molecular formula is C14H14N6O. The minimum Gasteiger partial charge on any atom is -0.467 e. The molecule has 0 saturated heterocycles. The minimum absolute atomic E-state index is 0.0134. The van der Waals surface area contributed by atoms with Crippen molar-refractivity contribution in [3.8, 4) is 6.07 Å². The predicted molar refractivity (Wildman–Crippen MR) is 76.3 cm³/mol. The molecule has 0 radical (unpaired) electrons. The van der Waals surface area contributed by atoms with Gasteiger partial charge in [0.25, 0.3) is 0 Å². The number of nitrogens with zero attached hydrogens (tertiary/aromatic N) is 5. The number of rotatable bonds is 5. The highest BCUT2D eigenvalue weighted by atomic mass is 16.3. The summed E-state index contributed by atoms with van der Waals surface area (Å²) in [7, 11) is 0. The van der Waals surface area contributed by atoms with Crippen LogP contribution in [0.2, 0.25) is 0 Å². The zero-order valence-corrected chi connectivity index (χ0v) is 11.5. The first-order valence-corrected chi connectivity index (χ1v) is 6.63. The summed E-state index contributed by atoms with van der Waals surface area (Å²) in [5.41, 5.74) is 0.717. The Labute approximate surface area is 121 Å².